The van der Waals surface area contributed by atoms with Crippen molar-refractivity contribution in [1.82, 2.24) is 23.9 Å². The van der Waals surface area contributed by atoms with Crippen molar-refractivity contribution < 1.29 is 4.74 Å². The van der Waals surface area contributed by atoms with Crippen LogP contribution in [0.5, 0.6) is 0 Å². The summed E-state index contributed by atoms with van der Waals surface area (Å²) in [4.78, 5) is 21.5. The number of piperidine rings is 1. The van der Waals surface area contributed by atoms with Crippen molar-refractivity contribution >= 4 is 47.6 Å². The smallest absolute Gasteiger partial charge is 0.264 e. The number of benzene rings is 1. The lowest BCUT2D eigenvalue weighted by Gasteiger charge is -2.48. The van der Waals surface area contributed by atoms with Crippen LogP contribution in [0.2, 0.25) is 30.7 Å². The predicted octanol–water partition coefficient (Wildman–Crippen LogP) is 6.02. The van der Waals surface area contributed by atoms with Gasteiger partial charge in [0.15, 0.2) is 5.65 Å². The van der Waals surface area contributed by atoms with Crippen LogP contribution in [0, 0.1) is 5.41 Å². The third-order valence-electron chi connectivity index (χ3n) is 8.85. The Labute approximate surface area is 235 Å². The molecule has 39 heavy (non-hydrogen) atoms. The first-order valence-electron chi connectivity index (χ1n) is 14.1. The molecule has 1 saturated carbocycles. The Morgan fingerprint density at radius 1 is 1.05 bits per heavy atom. The molecule has 1 spiro atoms. The second-order valence-electron chi connectivity index (χ2n) is 12.8. The Hall–Kier alpha value is -2.62. The van der Waals surface area contributed by atoms with Gasteiger partial charge in [-0.25, -0.2) is 0 Å². The SMILES string of the molecule is Cn1cc2c(Cl)c(-c3cn(COCC[Si](C)(C)C)c4nc(N5CCC6(CCC6)CC5)n(C)c(=O)c34)ccc2n1. The zero-order valence-corrected chi connectivity index (χ0v) is 25.5. The number of aromatic nitrogens is 5. The molecule has 0 atom stereocenters. The lowest BCUT2D eigenvalue weighted by molar-refractivity contribution is 0.0898. The number of nitrogens with zero attached hydrogens (tertiary/aromatic N) is 6. The van der Waals surface area contributed by atoms with E-state index in [1.807, 2.05) is 43.2 Å². The molecule has 1 aromatic carbocycles. The van der Waals surface area contributed by atoms with Gasteiger partial charge in [0.05, 0.1) is 15.9 Å². The maximum absolute atomic E-state index is 14.0. The van der Waals surface area contributed by atoms with Crippen LogP contribution in [0.25, 0.3) is 33.1 Å². The molecule has 6 rings (SSSR count). The van der Waals surface area contributed by atoms with Gasteiger partial charge in [-0.05, 0) is 43.2 Å². The first kappa shape index (κ1) is 26.6. The van der Waals surface area contributed by atoms with E-state index in [0.29, 0.717) is 34.8 Å². The van der Waals surface area contributed by atoms with Crippen LogP contribution in [-0.2, 0) is 25.6 Å². The summed E-state index contributed by atoms with van der Waals surface area (Å²) in [6.07, 6.45) is 10.3. The number of ether oxygens (including phenoxy) is 1. The van der Waals surface area contributed by atoms with Crippen molar-refractivity contribution in [3.05, 3.63) is 39.9 Å². The lowest BCUT2D eigenvalue weighted by atomic mass is 9.63. The van der Waals surface area contributed by atoms with Crippen LogP contribution in [-0.4, -0.2) is 51.7 Å². The van der Waals surface area contributed by atoms with Crippen molar-refractivity contribution in [2.24, 2.45) is 19.5 Å². The highest BCUT2D eigenvalue weighted by Gasteiger charge is 2.40. The molecule has 4 aromatic rings. The largest absolute Gasteiger partial charge is 0.361 e. The molecule has 1 aliphatic heterocycles. The van der Waals surface area contributed by atoms with E-state index in [-0.39, 0.29) is 5.56 Å². The van der Waals surface area contributed by atoms with Gasteiger partial charge >= 0.3 is 0 Å². The van der Waals surface area contributed by atoms with Gasteiger partial charge in [-0.15, -0.1) is 0 Å². The molecule has 1 aliphatic carbocycles. The highest BCUT2D eigenvalue weighted by atomic mass is 35.5. The van der Waals surface area contributed by atoms with Gasteiger partial charge in [0.2, 0.25) is 5.95 Å². The van der Waals surface area contributed by atoms with E-state index in [4.69, 9.17) is 21.3 Å². The average molecular weight is 567 g/mol. The Morgan fingerprint density at radius 3 is 2.46 bits per heavy atom. The summed E-state index contributed by atoms with van der Waals surface area (Å²) in [5.74, 6) is 0.739. The summed E-state index contributed by atoms with van der Waals surface area (Å²) in [6.45, 7) is 9.96. The van der Waals surface area contributed by atoms with Crippen molar-refractivity contribution in [3.8, 4) is 11.1 Å². The highest BCUT2D eigenvalue weighted by Crippen LogP contribution is 2.49. The maximum Gasteiger partial charge on any atom is 0.264 e. The predicted molar refractivity (Wildman–Crippen MR) is 162 cm³/mol. The monoisotopic (exact) mass is 566 g/mol. The molecule has 0 N–H and O–H groups in total. The highest BCUT2D eigenvalue weighted by molar-refractivity contribution is 6.76. The van der Waals surface area contributed by atoms with Gasteiger partial charge in [-0.1, -0.05) is 43.7 Å². The summed E-state index contributed by atoms with van der Waals surface area (Å²) in [5, 5.41) is 6.52. The second-order valence-corrected chi connectivity index (χ2v) is 18.8. The normalized spacial score (nSPS) is 17.4. The molecule has 2 aliphatic rings. The van der Waals surface area contributed by atoms with E-state index in [9.17, 15) is 4.79 Å². The molecule has 0 bridgehead atoms. The fourth-order valence-electron chi connectivity index (χ4n) is 6.18. The number of hydrogen-bond donors (Lipinski definition) is 0. The van der Waals surface area contributed by atoms with Gasteiger partial charge in [0.1, 0.15) is 6.73 Å². The molecule has 0 radical (unpaired) electrons. The lowest BCUT2D eigenvalue weighted by Crippen LogP contribution is -2.45. The quantitative estimate of drug-likeness (QED) is 0.202. The minimum absolute atomic E-state index is 0.0582. The number of halogens is 1. The third-order valence-corrected chi connectivity index (χ3v) is 11.0. The zero-order chi connectivity index (χ0) is 27.5. The molecule has 10 heteroatoms. The minimum atomic E-state index is -1.22. The van der Waals surface area contributed by atoms with Crippen LogP contribution < -0.4 is 10.5 Å². The summed E-state index contributed by atoms with van der Waals surface area (Å²) in [7, 11) is 2.50. The average Bonchev–Trinajstić information content (AvgIpc) is 3.43. The topological polar surface area (TPSA) is 70.1 Å². The van der Waals surface area contributed by atoms with Crippen LogP contribution in [0.3, 0.4) is 0 Å². The fourth-order valence-corrected chi connectivity index (χ4v) is 7.24. The maximum atomic E-state index is 14.0. The fraction of sp³-hybridized carbons (Fsp3) is 0.552. The van der Waals surface area contributed by atoms with E-state index < -0.39 is 8.07 Å². The standard InChI is InChI=1S/C29H39ClN6O2Si/c1-33-17-22-23(32-33)8-7-20(25(22)30)21-18-36(19-38-15-16-39(3,4)5)26-24(21)27(37)34(2)28(31-26)35-13-11-29(12-14-35)9-6-10-29/h7-8,17-18H,6,9-16,19H2,1-5H3. The van der Waals surface area contributed by atoms with E-state index in [1.165, 1.54) is 32.1 Å². The van der Waals surface area contributed by atoms with Crippen molar-refractivity contribution in [2.75, 3.05) is 24.6 Å². The first-order chi connectivity index (χ1) is 18.6. The summed E-state index contributed by atoms with van der Waals surface area (Å²) in [6, 6.07) is 5.00. The molecule has 208 valence electrons. The Kier molecular flexibility index (Phi) is 6.67. The van der Waals surface area contributed by atoms with E-state index >= 15 is 0 Å². The number of fused-ring (bicyclic) bond motifs is 2. The van der Waals surface area contributed by atoms with Gasteiger partial charge < -0.3 is 14.2 Å². The molecule has 2 fully saturated rings. The van der Waals surface area contributed by atoms with Crippen molar-refractivity contribution in [3.63, 3.8) is 0 Å². The summed E-state index contributed by atoms with van der Waals surface area (Å²) in [5.41, 5.74) is 3.53. The number of anilines is 1. The van der Waals surface area contributed by atoms with Gasteiger partial charge in [0.25, 0.3) is 5.56 Å². The molecular formula is C29H39ClN6O2Si. The molecular weight excluding hydrogens is 528 g/mol. The van der Waals surface area contributed by atoms with E-state index in [0.717, 1.165) is 47.1 Å². The summed E-state index contributed by atoms with van der Waals surface area (Å²) >= 11 is 6.94. The van der Waals surface area contributed by atoms with Crippen LogP contribution >= 0.6 is 11.6 Å². The number of aryl methyl sites for hydroxylation is 1. The van der Waals surface area contributed by atoms with Gasteiger partial charge in [-0.2, -0.15) is 10.1 Å². The van der Waals surface area contributed by atoms with Crippen molar-refractivity contribution in [2.45, 2.75) is 64.5 Å². The first-order valence-corrected chi connectivity index (χ1v) is 18.2. The molecule has 4 heterocycles. The van der Waals surface area contributed by atoms with Gasteiger partial charge in [0, 0.05) is 70.8 Å². The number of rotatable bonds is 7. The Bertz CT molecular complexity index is 1600. The molecule has 0 unspecified atom stereocenters. The second kappa shape index (κ2) is 9.78. The molecule has 1 saturated heterocycles. The van der Waals surface area contributed by atoms with Crippen LogP contribution in [0.4, 0.5) is 5.95 Å². The molecule has 8 nitrogen and oxygen atoms in total. The summed E-state index contributed by atoms with van der Waals surface area (Å²) < 4.78 is 11.6. The van der Waals surface area contributed by atoms with Crippen LogP contribution in [0.15, 0.2) is 29.3 Å². The van der Waals surface area contributed by atoms with Gasteiger partial charge in [-0.3, -0.25) is 14.0 Å². The van der Waals surface area contributed by atoms with Crippen molar-refractivity contribution in [1.29, 1.82) is 0 Å². The third kappa shape index (κ3) is 4.82. The minimum Gasteiger partial charge on any atom is -0.361 e. The molecule has 3 aromatic heterocycles. The molecule has 0 amide bonds. The Morgan fingerprint density at radius 2 is 1.79 bits per heavy atom. The number of hydrogen-bond acceptors (Lipinski definition) is 5. The van der Waals surface area contributed by atoms with E-state index in [1.54, 1.807) is 9.25 Å². The zero-order valence-electron chi connectivity index (χ0n) is 23.8. The van der Waals surface area contributed by atoms with Crippen LogP contribution in [0.1, 0.15) is 32.1 Å². The Balaban J connectivity index is 1.44. The van der Waals surface area contributed by atoms with E-state index in [2.05, 4.69) is 29.6 Å².